The van der Waals surface area contributed by atoms with Crippen LogP contribution < -0.4 is 14.8 Å². The molecule has 1 N–H and O–H groups in total. The van der Waals surface area contributed by atoms with E-state index in [1.54, 1.807) is 14.2 Å². The minimum absolute atomic E-state index is 0.104. The molecule has 1 saturated heterocycles. The van der Waals surface area contributed by atoms with Crippen molar-refractivity contribution < 1.29 is 9.47 Å². The number of ether oxygens (including phenoxy) is 2. The fraction of sp³-hybridized carbons (Fsp3) is 0.571. The van der Waals surface area contributed by atoms with E-state index in [-0.39, 0.29) is 5.54 Å². The van der Waals surface area contributed by atoms with Crippen LogP contribution in [0.4, 0.5) is 0 Å². The monoisotopic (exact) mass is 250 g/mol. The number of nitrogens with zero attached hydrogens (tertiary/aromatic N) is 1. The van der Waals surface area contributed by atoms with E-state index in [1.807, 2.05) is 12.1 Å². The van der Waals surface area contributed by atoms with Crippen LogP contribution in [-0.2, 0) is 5.54 Å². The Morgan fingerprint density at radius 1 is 1.28 bits per heavy atom. The highest BCUT2D eigenvalue weighted by molar-refractivity contribution is 5.45. The number of methoxy groups -OCH3 is 2. The lowest BCUT2D eigenvalue weighted by Gasteiger charge is -2.41. The molecule has 2 rings (SSSR count). The average Bonchev–Trinajstić information content (AvgIpc) is 2.37. The van der Waals surface area contributed by atoms with Gasteiger partial charge in [-0.05, 0) is 32.2 Å². The summed E-state index contributed by atoms with van der Waals surface area (Å²) in [5.74, 6) is 1.77. The van der Waals surface area contributed by atoms with Gasteiger partial charge in [-0.2, -0.15) is 0 Å². The van der Waals surface area contributed by atoms with Crippen LogP contribution in [0.25, 0.3) is 0 Å². The van der Waals surface area contributed by atoms with Crippen LogP contribution in [0, 0.1) is 0 Å². The van der Waals surface area contributed by atoms with E-state index in [1.165, 1.54) is 0 Å². The van der Waals surface area contributed by atoms with Crippen molar-refractivity contribution in [1.82, 2.24) is 10.2 Å². The summed E-state index contributed by atoms with van der Waals surface area (Å²) in [5.41, 5.74) is 1.04. The Balaban J connectivity index is 2.40. The molecule has 4 heteroatoms. The van der Waals surface area contributed by atoms with Crippen molar-refractivity contribution >= 4 is 0 Å². The van der Waals surface area contributed by atoms with Gasteiger partial charge >= 0.3 is 0 Å². The number of hydrogen-bond donors (Lipinski definition) is 1. The molecule has 1 aromatic carbocycles. The fourth-order valence-corrected chi connectivity index (χ4v) is 2.62. The Hall–Kier alpha value is -1.26. The van der Waals surface area contributed by atoms with Crippen molar-refractivity contribution in [1.29, 1.82) is 0 Å². The van der Waals surface area contributed by atoms with E-state index in [2.05, 4.69) is 30.3 Å². The van der Waals surface area contributed by atoms with Gasteiger partial charge in [0.05, 0.1) is 19.8 Å². The molecular formula is C14H22N2O2. The molecule has 0 radical (unpaired) electrons. The third-order valence-electron chi connectivity index (χ3n) is 3.60. The maximum absolute atomic E-state index is 5.48. The summed E-state index contributed by atoms with van der Waals surface area (Å²) in [4.78, 5) is 2.33. The maximum atomic E-state index is 5.48. The first-order valence-electron chi connectivity index (χ1n) is 6.25. The molecule has 1 aliphatic heterocycles. The average molecular weight is 250 g/mol. The molecule has 1 fully saturated rings. The molecule has 0 saturated carbocycles. The topological polar surface area (TPSA) is 33.7 Å². The largest absolute Gasteiger partial charge is 0.497 e. The number of likely N-dealkylation sites (N-methyl/N-ethyl adjacent to an activating group) is 1. The Labute approximate surface area is 109 Å². The van der Waals surface area contributed by atoms with Crippen LogP contribution in [0.1, 0.15) is 12.5 Å². The molecule has 1 unspecified atom stereocenters. The number of benzene rings is 1. The van der Waals surface area contributed by atoms with Gasteiger partial charge in [0.2, 0.25) is 0 Å². The smallest absolute Gasteiger partial charge is 0.124 e. The Morgan fingerprint density at radius 2 is 2.06 bits per heavy atom. The zero-order chi connectivity index (χ0) is 13.2. The predicted molar refractivity (Wildman–Crippen MR) is 72.4 cm³/mol. The van der Waals surface area contributed by atoms with Crippen LogP contribution in [0.5, 0.6) is 11.5 Å². The second-order valence-corrected chi connectivity index (χ2v) is 5.06. The van der Waals surface area contributed by atoms with E-state index in [0.717, 1.165) is 36.7 Å². The second-order valence-electron chi connectivity index (χ2n) is 5.06. The summed E-state index contributed by atoms with van der Waals surface area (Å²) in [5, 5.41) is 3.59. The van der Waals surface area contributed by atoms with E-state index in [9.17, 15) is 0 Å². The van der Waals surface area contributed by atoms with Gasteiger partial charge in [0.25, 0.3) is 0 Å². The summed E-state index contributed by atoms with van der Waals surface area (Å²) < 4.78 is 10.8. The minimum Gasteiger partial charge on any atom is -0.497 e. The summed E-state index contributed by atoms with van der Waals surface area (Å²) in [6.07, 6.45) is 0. The fourth-order valence-electron chi connectivity index (χ4n) is 2.62. The number of rotatable bonds is 3. The lowest BCUT2D eigenvalue weighted by atomic mass is 9.88. The van der Waals surface area contributed by atoms with Crippen molar-refractivity contribution in [3.8, 4) is 11.5 Å². The van der Waals surface area contributed by atoms with E-state index < -0.39 is 0 Å². The number of piperazine rings is 1. The maximum Gasteiger partial charge on any atom is 0.124 e. The van der Waals surface area contributed by atoms with Gasteiger partial charge in [-0.1, -0.05) is 0 Å². The van der Waals surface area contributed by atoms with E-state index >= 15 is 0 Å². The Morgan fingerprint density at radius 3 is 2.67 bits per heavy atom. The van der Waals surface area contributed by atoms with Gasteiger partial charge < -0.3 is 19.7 Å². The second kappa shape index (κ2) is 5.16. The first-order valence-corrected chi connectivity index (χ1v) is 6.25. The predicted octanol–water partition coefficient (Wildman–Crippen LogP) is 1.45. The van der Waals surface area contributed by atoms with Gasteiger partial charge in [-0.15, -0.1) is 0 Å². The lowest BCUT2D eigenvalue weighted by Crippen LogP contribution is -2.55. The van der Waals surface area contributed by atoms with Crippen LogP contribution in [-0.4, -0.2) is 45.8 Å². The first kappa shape index (κ1) is 13.2. The summed E-state index contributed by atoms with van der Waals surface area (Å²) in [6, 6.07) is 5.96. The highest BCUT2D eigenvalue weighted by Gasteiger charge is 2.33. The molecule has 0 aromatic heterocycles. The first-order chi connectivity index (χ1) is 8.59. The SMILES string of the molecule is COc1ccc(OC)c(C2(C)CN(C)CCN2)c1. The number of hydrogen-bond acceptors (Lipinski definition) is 4. The van der Waals surface area contributed by atoms with Crippen molar-refractivity contribution in [2.75, 3.05) is 40.9 Å². The Bertz CT molecular complexity index is 422. The lowest BCUT2D eigenvalue weighted by molar-refractivity contribution is 0.167. The van der Waals surface area contributed by atoms with Crippen LogP contribution >= 0.6 is 0 Å². The van der Waals surface area contributed by atoms with Crippen molar-refractivity contribution in [2.45, 2.75) is 12.5 Å². The molecule has 0 bridgehead atoms. The molecule has 0 aliphatic carbocycles. The van der Waals surface area contributed by atoms with Crippen molar-refractivity contribution in [3.05, 3.63) is 23.8 Å². The third kappa shape index (κ3) is 2.44. The van der Waals surface area contributed by atoms with Crippen LogP contribution in [0.3, 0.4) is 0 Å². The van der Waals surface area contributed by atoms with E-state index in [4.69, 9.17) is 9.47 Å². The molecule has 18 heavy (non-hydrogen) atoms. The molecule has 1 aliphatic rings. The summed E-state index contributed by atoms with van der Waals surface area (Å²) in [6.45, 7) is 5.21. The highest BCUT2D eigenvalue weighted by atomic mass is 16.5. The quantitative estimate of drug-likeness (QED) is 0.880. The van der Waals surface area contributed by atoms with Crippen LogP contribution in [0.2, 0.25) is 0 Å². The molecule has 0 spiro atoms. The van der Waals surface area contributed by atoms with Gasteiger partial charge in [0.15, 0.2) is 0 Å². The van der Waals surface area contributed by atoms with Gasteiger partial charge in [-0.3, -0.25) is 0 Å². The Kier molecular flexibility index (Phi) is 3.78. The van der Waals surface area contributed by atoms with Gasteiger partial charge in [-0.25, -0.2) is 0 Å². The standard InChI is InChI=1S/C14H22N2O2/c1-14(10-16(2)8-7-15-14)12-9-11(17-3)5-6-13(12)18-4/h5-6,9,15H,7-8,10H2,1-4H3. The molecular weight excluding hydrogens is 228 g/mol. The molecule has 1 heterocycles. The summed E-state index contributed by atoms with van der Waals surface area (Å²) >= 11 is 0. The molecule has 4 nitrogen and oxygen atoms in total. The summed E-state index contributed by atoms with van der Waals surface area (Å²) in [7, 11) is 5.54. The molecule has 1 atom stereocenters. The third-order valence-corrected chi connectivity index (χ3v) is 3.60. The molecule has 100 valence electrons. The minimum atomic E-state index is -0.104. The molecule has 0 amide bonds. The zero-order valence-electron chi connectivity index (χ0n) is 11.6. The number of nitrogens with one attached hydrogen (secondary N) is 1. The van der Waals surface area contributed by atoms with Gasteiger partial charge in [0.1, 0.15) is 11.5 Å². The van der Waals surface area contributed by atoms with Crippen molar-refractivity contribution in [3.63, 3.8) is 0 Å². The van der Waals surface area contributed by atoms with Gasteiger partial charge in [0, 0.05) is 25.2 Å². The molecule has 1 aromatic rings. The zero-order valence-corrected chi connectivity index (χ0v) is 11.6. The van der Waals surface area contributed by atoms with Crippen LogP contribution in [0.15, 0.2) is 18.2 Å². The highest BCUT2D eigenvalue weighted by Crippen LogP contribution is 2.34. The van der Waals surface area contributed by atoms with E-state index in [0.29, 0.717) is 0 Å². The normalized spacial score (nSPS) is 24.9. The van der Waals surface area contributed by atoms with Crippen molar-refractivity contribution in [2.24, 2.45) is 0 Å².